The van der Waals surface area contributed by atoms with E-state index < -0.39 is 0 Å². The van der Waals surface area contributed by atoms with Crippen molar-refractivity contribution in [2.24, 2.45) is 0 Å². The number of rotatable bonds is 4. The summed E-state index contributed by atoms with van der Waals surface area (Å²) in [4.78, 5) is 2.51. The first-order chi connectivity index (χ1) is 8.16. The lowest BCUT2D eigenvalue weighted by molar-refractivity contribution is 0.418. The minimum absolute atomic E-state index is 0.464. The predicted octanol–water partition coefficient (Wildman–Crippen LogP) is 4.30. The van der Waals surface area contributed by atoms with Gasteiger partial charge in [0.1, 0.15) is 0 Å². The summed E-state index contributed by atoms with van der Waals surface area (Å²) in [7, 11) is 0. The molecule has 2 atom stereocenters. The number of nitrogens with zero attached hydrogens (tertiary/aromatic N) is 1. The molecular weight excluding hydrogens is 206 g/mol. The summed E-state index contributed by atoms with van der Waals surface area (Å²) in [6, 6.07) is 11.7. The molecule has 0 aromatic heterocycles. The van der Waals surface area contributed by atoms with Gasteiger partial charge in [-0.15, -0.1) is 6.58 Å². The zero-order chi connectivity index (χ0) is 12.4. The van der Waals surface area contributed by atoms with Crippen molar-refractivity contribution in [3.05, 3.63) is 59.8 Å². The van der Waals surface area contributed by atoms with Gasteiger partial charge in [-0.2, -0.15) is 0 Å². The van der Waals surface area contributed by atoms with Crippen LogP contribution in [0.3, 0.4) is 0 Å². The molecular formula is C16H21N. The molecule has 1 heteroatoms. The summed E-state index contributed by atoms with van der Waals surface area (Å²) in [5.41, 5.74) is 4.32. The van der Waals surface area contributed by atoms with E-state index in [0.29, 0.717) is 12.1 Å². The molecule has 0 amide bonds. The van der Waals surface area contributed by atoms with Gasteiger partial charge in [0.05, 0.1) is 12.1 Å². The summed E-state index contributed by atoms with van der Waals surface area (Å²) < 4.78 is 0. The summed E-state index contributed by atoms with van der Waals surface area (Å²) in [6.07, 6.45) is 3.07. The Morgan fingerprint density at radius 1 is 1.35 bits per heavy atom. The van der Waals surface area contributed by atoms with E-state index in [-0.39, 0.29) is 0 Å². The fourth-order valence-corrected chi connectivity index (χ4v) is 2.60. The minimum atomic E-state index is 0.464. The van der Waals surface area contributed by atoms with Crippen molar-refractivity contribution in [2.45, 2.75) is 39.3 Å². The second-order valence-corrected chi connectivity index (χ2v) is 4.92. The monoisotopic (exact) mass is 227 g/mol. The fourth-order valence-electron chi connectivity index (χ4n) is 2.60. The Morgan fingerprint density at radius 2 is 2.00 bits per heavy atom. The van der Waals surface area contributed by atoms with Crippen molar-refractivity contribution in [1.82, 2.24) is 4.90 Å². The maximum absolute atomic E-state index is 3.85. The Labute approximate surface area is 104 Å². The van der Waals surface area contributed by atoms with Crippen LogP contribution in [0, 0.1) is 0 Å². The van der Waals surface area contributed by atoms with Crippen molar-refractivity contribution in [3.8, 4) is 0 Å². The minimum Gasteiger partial charge on any atom is -0.358 e. The van der Waals surface area contributed by atoms with Gasteiger partial charge in [0, 0.05) is 5.70 Å². The van der Waals surface area contributed by atoms with Gasteiger partial charge in [-0.25, -0.2) is 0 Å². The Morgan fingerprint density at radius 3 is 2.53 bits per heavy atom. The third-order valence-electron chi connectivity index (χ3n) is 3.46. The van der Waals surface area contributed by atoms with E-state index in [1.54, 1.807) is 0 Å². The van der Waals surface area contributed by atoms with Crippen molar-refractivity contribution >= 4 is 0 Å². The second-order valence-electron chi connectivity index (χ2n) is 4.92. The third-order valence-corrected chi connectivity index (χ3v) is 3.46. The molecule has 0 N–H and O–H groups in total. The molecule has 17 heavy (non-hydrogen) atoms. The van der Waals surface area contributed by atoms with E-state index in [1.807, 2.05) is 6.08 Å². The van der Waals surface area contributed by atoms with Gasteiger partial charge in [-0.05, 0) is 32.8 Å². The largest absolute Gasteiger partial charge is 0.358 e. The molecule has 1 nitrogen and oxygen atoms in total. The van der Waals surface area contributed by atoms with E-state index in [0.717, 1.165) is 6.42 Å². The first kappa shape index (κ1) is 12.0. The first-order valence-corrected chi connectivity index (χ1v) is 6.28. The van der Waals surface area contributed by atoms with Gasteiger partial charge in [-0.1, -0.05) is 42.0 Å². The highest BCUT2D eigenvalue weighted by atomic mass is 15.3. The van der Waals surface area contributed by atoms with E-state index in [2.05, 4.69) is 62.6 Å². The van der Waals surface area contributed by atoms with Gasteiger partial charge >= 0.3 is 0 Å². The second kappa shape index (κ2) is 4.79. The number of hydrogen-bond donors (Lipinski definition) is 0. The molecule has 2 rings (SSSR count). The quantitative estimate of drug-likeness (QED) is 0.547. The maximum atomic E-state index is 3.85. The Hall–Kier alpha value is -1.50. The van der Waals surface area contributed by atoms with Gasteiger partial charge in [0.2, 0.25) is 0 Å². The zero-order valence-electron chi connectivity index (χ0n) is 11.0. The lowest BCUT2D eigenvalue weighted by atomic mass is 10.1. The molecule has 0 bridgehead atoms. The average Bonchev–Trinajstić information content (AvgIpc) is 3.04. The van der Waals surface area contributed by atoms with Crippen LogP contribution in [0.1, 0.15) is 38.8 Å². The molecule has 0 aliphatic carbocycles. The molecule has 1 aromatic carbocycles. The van der Waals surface area contributed by atoms with Crippen LogP contribution >= 0.6 is 0 Å². The number of allylic oxidation sites excluding steroid dienone is 1. The molecule has 0 spiro atoms. The smallest absolute Gasteiger partial charge is 0.0728 e. The SMILES string of the molecule is C=CC[C@@H]1C(=C(C)C)N1[C@H](C)c1ccccc1. The predicted molar refractivity (Wildman–Crippen MR) is 73.7 cm³/mol. The normalized spacial score (nSPS) is 20.1. The topological polar surface area (TPSA) is 3.01 Å². The lowest BCUT2D eigenvalue weighted by Gasteiger charge is -2.15. The van der Waals surface area contributed by atoms with Crippen molar-refractivity contribution in [3.63, 3.8) is 0 Å². The van der Waals surface area contributed by atoms with Crippen LogP contribution in [0.25, 0.3) is 0 Å². The molecule has 1 aliphatic heterocycles. The molecule has 90 valence electrons. The number of benzene rings is 1. The van der Waals surface area contributed by atoms with E-state index in [1.165, 1.54) is 16.8 Å². The molecule has 1 saturated heterocycles. The fraction of sp³-hybridized carbons (Fsp3) is 0.375. The van der Waals surface area contributed by atoms with E-state index in [4.69, 9.17) is 0 Å². The van der Waals surface area contributed by atoms with Gasteiger partial charge in [0.25, 0.3) is 0 Å². The van der Waals surface area contributed by atoms with Gasteiger partial charge < -0.3 is 4.90 Å². The van der Waals surface area contributed by atoms with Gasteiger partial charge in [-0.3, -0.25) is 0 Å². The molecule has 0 unspecified atom stereocenters. The molecule has 0 saturated carbocycles. The van der Waals surface area contributed by atoms with Crippen molar-refractivity contribution < 1.29 is 0 Å². The summed E-state index contributed by atoms with van der Waals surface area (Å²) >= 11 is 0. The number of hydrogen-bond acceptors (Lipinski definition) is 1. The summed E-state index contributed by atoms with van der Waals surface area (Å²) in [5, 5.41) is 0. The molecule has 0 radical (unpaired) electrons. The van der Waals surface area contributed by atoms with Crippen LogP contribution in [-0.2, 0) is 0 Å². The first-order valence-electron chi connectivity index (χ1n) is 6.28. The maximum Gasteiger partial charge on any atom is 0.0728 e. The van der Waals surface area contributed by atoms with Crippen molar-refractivity contribution in [2.75, 3.05) is 0 Å². The Balaban J connectivity index is 2.19. The summed E-state index contributed by atoms with van der Waals surface area (Å²) in [6.45, 7) is 10.5. The van der Waals surface area contributed by atoms with Gasteiger partial charge in [0.15, 0.2) is 0 Å². The molecule has 1 aliphatic rings. The van der Waals surface area contributed by atoms with E-state index >= 15 is 0 Å². The molecule has 1 fully saturated rings. The third kappa shape index (κ3) is 2.28. The van der Waals surface area contributed by atoms with E-state index in [9.17, 15) is 0 Å². The highest BCUT2D eigenvalue weighted by Crippen LogP contribution is 2.45. The Bertz CT molecular complexity index is 426. The standard InChI is InChI=1S/C16H21N/c1-5-9-15-16(12(2)3)17(15)13(4)14-10-7-6-8-11-14/h5-8,10-11,13,15H,1,9H2,2-4H3/t13-,15-,17?/m1/s1. The van der Waals surface area contributed by atoms with Crippen molar-refractivity contribution in [1.29, 1.82) is 0 Å². The van der Waals surface area contributed by atoms with Crippen LogP contribution in [0.5, 0.6) is 0 Å². The van der Waals surface area contributed by atoms with Crippen LogP contribution in [0.2, 0.25) is 0 Å². The zero-order valence-corrected chi connectivity index (χ0v) is 11.0. The highest BCUT2D eigenvalue weighted by Gasteiger charge is 2.43. The molecule has 1 heterocycles. The summed E-state index contributed by atoms with van der Waals surface area (Å²) in [5.74, 6) is 0. The van der Waals surface area contributed by atoms with Crippen LogP contribution < -0.4 is 0 Å². The lowest BCUT2D eigenvalue weighted by Crippen LogP contribution is -2.07. The van der Waals surface area contributed by atoms with Crippen LogP contribution in [0.4, 0.5) is 0 Å². The average molecular weight is 227 g/mol. The molecule has 1 aromatic rings. The van der Waals surface area contributed by atoms with Crippen LogP contribution in [-0.4, -0.2) is 10.9 Å². The highest BCUT2D eigenvalue weighted by molar-refractivity contribution is 5.35. The van der Waals surface area contributed by atoms with Crippen LogP contribution in [0.15, 0.2) is 54.3 Å². The Kier molecular flexibility index (Phi) is 3.37.